The largest absolute Gasteiger partial charge is 0.326 e. The summed E-state index contributed by atoms with van der Waals surface area (Å²) in [5, 5.41) is 0. The molecule has 0 aromatic heterocycles. The Kier molecular flexibility index (Phi) is 4.66. The van der Waals surface area contributed by atoms with Crippen molar-refractivity contribution in [3.05, 3.63) is 29.6 Å². The summed E-state index contributed by atoms with van der Waals surface area (Å²) in [6, 6.07) is 3.96. The molecule has 1 rings (SSSR count). The van der Waals surface area contributed by atoms with Gasteiger partial charge in [-0.25, -0.2) is 4.39 Å². The van der Waals surface area contributed by atoms with Crippen LogP contribution in [0.1, 0.15) is 19.4 Å². The summed E-state index contributed by atoms with van der Waals surface area (Å²) >= 11 is 0. The second kappa shape index (κ2) is 5.64. The van der Waals surface area contributed by atoms with Crippen molar-refractivity contribution in [1.82, 2.24) is 4.31 Å². The first-order valence-electron chi connectivity index (χ1n) is 5.52. The summed E-state index contributed by atoms with van der Waals surface area (Å²) in [7, 11) is -2.25. The number of nitrogens with one attached hydrogen (secondary N) is 1. The topological polar surface area (TPSA) is 75.4 Å². The fourth-order valence-electron chi connectivity index (χ4n) is 1.35. The lowest BCUT2D eigenvalue weighted by Gasteiger charge is -2.22. The van der Waals surface area contributed by atoms with Crippen molar-refractivity contribution in [2.75, 3.05) is 11.8 Å². The Balaban J connectivity index is 3.09. The molecule has 102 valence electrons. The Bertz CT molecular complexity index is 517. The Labute approximate surface area is 107 Å². The maximum Gasteiger partial charge on any atom is 0.301 e. The number of hydrogen-bond donors (Lipinski definition) is 2. The van der Waals surface area contributed by atoms with E-state index in [1.807, 2.05) is 0 Å². The van der Waals surface area contributed by atoms with Crippen molar-refractivity contribution in [3.8, 4) is 0 Å². The number of benzene rings is 1. The van der Waals surface area contributed by atoms with Crippen LogP contribution in [0.15, 0.2) is 18.2 Å². The zero-order valence-electron chi connectivity index (χ0n) is 10.6. The lowest BCUT2D eigenvalue weighted by Crippen LogP contribution is -2.37. The number of nitrogens with zero attached hydrogens (tertiary/aromatic N) is 1. The second-order valence-corrected chi connectivity index (χ2v) is 5.92. The molecule has 0 aliphatic carbocycles. The average molecular weight is 275 g/mol. The Morgan fingerprint density at radius 3 is 2.56 bits per heavy atom. The van der Waals surface area contributed by atoms with Gasteiger partial charge in [0.1, 0.15) is 5.82 Å². The number of nitrogens with two attached hydrogens (primary N) is 1. The van der Waals surface area contributed by atoms with E-state index < -0.39 is 16.0 Å². The molecule has 0 spiro atoms. The second-order valence-electron chi connectivity index (χ2n) is 4.19. The van der Waals surface area contributed by atoms with Crippen molar-refractivity contribution in [3.63, 3.8) is 0 Å². The van der Waals surface area contributed by atoms with Crippen molar-refractivity contribution in [2.45, 2.75) is 26.4 Å². The minimum absolute atomic E-state index is 0.0735. The molecule has 0 unspecified atom stereocenters. The van der Waals surface area contributed by atoms with Gasteiger partial charge in [0.2, 0.25) is 0 Å². The standard InChI is InChI=1S/C11H18FN3O2S/c1-8(2)15(3)18(16,17)14-11-6-4-5-10(12)9(11)7-13/h4-6,8,14H,7,13H2,1-3H3. The Morgan fingerprint density at radius 1 is 1.44 bits per heavy atom. The summed E-state index contributed by atoms with van der Waals surface area (Å²) in [6.45, 7) is 3.42. The minimum atomic E-state index is -3.70. The van der Waals surface area contributed by atoms with Crippen LogP contribution in [-0.2, 0) is 16.8 Å². The van der Waals surface area contributed by atoms with Gasteiger partial charge in [0.15, 0.2) is 0 Å². The van der Waals surface area contributed by atoms with E-state index in [4.69, 9.17) is 5.73 Å². The highest BCUT2D eigenvalue weighted by Crippen LogP contribution is 2.20. The molecule has 0 bridgehead atoms. The van der Waals surface area contributed by atoms with Gasteiger partial charge in [-0.05, 0) is 26.0 Å². The predicted molar refractivity (Wildman–Crippen MR) is 69.7 cm³/mol. The van der Waals surface area contributed by atoms with Crippen molar-refractivity contribution in [1.29, 1.82) is 0 Å². The number of anilines is 1. The van der Waals surface area contributed by atoms with Gasteiger partial charge in [-0.3, -0.25) is 4.72 Å². The summed E-state index contributed by atoms with van der Waals surface area (Å²) in [5.41, 5.74) is 5.74. The molecule has 0 fully saturated rings. The third-order valence-electron chi connectivity index (χ3n) is 2.67. The maximum atomic E-state index is 13.5. The van der Waals surface area contributed by atoms with E-state index >= 15 is 0 Å². The van der Waals surface area contributed by atoms with Gasteiger partial charge in [-0.2, -0.15) is 12.7 Å². The quantitative estimate of drug-likeness (QED) is 0.850. The summed E-state index contributed by atoms with van der Waals surface area (Å²) in [6.07, 6.45) is 0. The van der Waals surface area contributed by atoms with Gasteiger partial charge in [-0.1, -0.05) is 6.07 Å². The molecule has 0 aliphatic rings. The summed E-state index contributed by atoms with van der Waals surface area (Å²) < 4.78 is 40.9. The first kappa shape index (κ1) is 14.9. The van der Waals surface area contributed by atoms with Gasteiger partial charge in [0.05, 0.1) is 5.69 Å². The highest BCUT2D eigenvalue weighted by molar-refractivity contribution is 7.90. The maximum absolute atomic E-state index is 13.5. The van der Waals surface area contributed by atoms with E-state index in [1.165, 1.54) is 25.2 Å². The van der Waals surface area contributed by atoms with Crippen LogP contribution in [0.4, 0.5) is 10.1 Å². The van der Waals surface area contributed by atoms with E-state index in [1.54, 1.807) is 13.8 Å². The predicted octanol–water partition coefficient (Wildman–Crippen LogP) is 1.28. The smallest absolute Gasteiger partial charge is 0.301 e. The molecule has 3 N–H and O–H groups in total. The van der Waals surface area contributed by atoms with Gasteiger partial charge in [0.25, 0.3) is 0 Å². The van der Waals surface area contributed by atoms with Crippen LogP contribution in [0.3, 0.4) is 0 Å². The first-order chi connectivity index (χ1) is 8.29. The molecule has 18 heavy (non-hydrogen) atoms. The van der Waals surface area contributed by atoms with Crippen LogP contribution in [0.5, 0.6) is 0 Å². The van der Waals surface area contributed by atoms with Crippen LogP contribution >= 0.6 is 0 Å². The molecule has 1 aromatic rings. The van der Waals surface area contributed by atoms with Crippen molar-refractivity contribution < 1.29 is 12.8 Å². The van der Waals surface area contributed by atoms with Gasteiger partial charge in [0, 0.05) is 25.2 Å². The van der Waals surface area contributed by atoms with Crippen molar-refractivity contribution >= 4 is 15.9 Å². The normalized spacial score (nSPS) is 12.2. The summed E-state index contributed by atoms with van der Waals surface area (Å²) in [4.78, 5) is 0. The number of hydrogen-bond acceptors (Lipinski definition) is 3. The van der Waals surface area contributed by atoms with Crippen LogP contribution in [-0.4, -0.2) is 25.8 Å². The van der Waals surface area contributed by atoms with Crippen LogP contribution < -0.4 is 10.5 Å². The van der Waals surface area contributed by atoms with E-state index in [9.17, 15) is 12.8 Å². The zero-order chi connectivity index (χ0) is 13.9. The number of halogens is 1. The first-order valence-corrected chi connectivity index (χ1v) is 6.97. The monoisotopic (exact) mass is 275 g/mol. The highest BCUT2D eigenvalue weighted by atomic mass is 32.2. The van der Waals surface area contributed by atoms with Crippen molar-refractivity contribution in [2.24, 2.45) is 5.73 Å². The van der Waals surface area contributed by atoms with E-state index in [0.29, 0.717) is 0 Å². The zero-order valence-corrected chi connectivity index (χ0v) is 11.5. The molecule has 0 aliphatic heterocycles. The van der Waals surface area contributed by atoms with Gasteiger partial charge in [-0.15, -0.1) is 0 Å². The lowest BCUT2D eigenvalue weighted by atomic mass is 10.2. The highest BCUT2D eigenvalue weighted by Gasteiger charge is 2.21. The van der Waals surface area contributed by atoms with Crippen LogP contribution in [0.25, 0.3) is 0 Å². The van der Waals surface area contributed by atoms with Gasteiger partial charge >= 0.3 is 10.2 Å². The molecule has 1 aromatic carbocycles. The molecule has 0 radical (unpaired) electrons. The fraction of sp³-hybridized carbons (Fsp3) is 0.455. The molecule has 0 amide bonds. The molecule has 0 heterocycles. The lowest BCUT2D eigenvalue weighted by molar-refractivity contribution is 0.414. The Morgan fingerprint density at radius 2 is 2.06 bits per heavy atom. The molecule has 5 nitrogen and oxygen atoms in total. The molecular formula is C11H18FN3O2S. The third-order valence-corrected chi connectivity index (χ3v) is 4.33. The number of rotatable bonds is 5. The summed E-state index contributed by atoms with van der Waals surface area (Å²) in [5.74, 6) is -0.523. The average Bonchev–Trinajstić information content (AvgIpc) is 2.27. The van der Waals surface area contributed by atoms with E-state index in [0.717, 1.165) is 4.31 Å². The van der Waals surface area contributed by atoms with Gasteiger partial charge < -0.3 is 5.73 Å². The Hall–Kier alpha value is -1.18. The van der Waals surface area contributed by atoms with Crippen LogP contribution in [0, 0.1) is 5.82 Å². The fourth-order valence-corrected chi connectivity index (χ4v) is 2.52. The SMILES string of the molecule is CC(C)N(C)S(=O)(=O)Nc1cccc(F)c1CN. The van der Waals surface area contributed by atoms with E-state index in [2.05, 4.69) is 4.72 Å². The van der Waals surface area contributed by atoms with E-state index in [-0.39, 0.29) is 23.8 Å². The minimum Gasteiger partial charge on any atom is -0.326 e. The molecule has 0 saturated carbocycles. The van der Waals surface area contributed by atoms with Crippen LogP contribution in [0.2, 0.25) is 0 Å². The molecular weight excluding hydrogens is 257 g/mol. The molecule has 7 heteroatoms. The molecule has 0 atom stereocenters. The third kappa shape index (κ3) is 3.18. The molecule has 0 saturated heterocycles.